The number of nitrogens with one attached hydrogen (secondary N) is 1. The molecule has 2 rings (SSSR count). The number of benzene rings is 1. The Bertz CT molecular complexity index is 405. The Kier molecular flexibility index (Phi) is 3.56. The molecule has 0 saturated carbocycles. The Balaban J connectivity index is 2.10. The number of halogens is 2. The molecular formula is C11H11BrFNO2. The molecule has 0 radical (unpaired) electrons. The molecule has 1 amide bonds. The first-order valence-electron chi connectivity index (χ1n) is 5.00. The Morgan fingerprint density at radius 1 is 1.56 bits per heavy atom. The Morgan fingerprint density at radius 2 is 2.38 bits per heavy atom. The Hall–Kier alpha value is -0.940. The van der Waals surface area contributed by atoms with Crippen LogP contribution in [-0.2, 0) is 4.74 Å². The zero-order valence-corrected chi connectivity index (χ0v) is 10.1. The molecule has 1 fully saturated rings. The molecule has 1 aliphatic rings. The molecule has 1 aromatic rings. The van der Waals surface area contributed by atoms with Gasteiger partial charge in [0, 0.05) is 11.1 Å². The summed E-state index contributed by atoms with van der Waals surface area (Å²) in [4.78, 5) is 11.7. The molecular weight excluding hydrogens is 277 g/mol. The minimum atomic E-state index is -0.514. The van der Waals surface area contributed by atoms with Crippen LogP contribution in [0.25, 0.3) is 0 Å². The topological polar surface area (TPSA) is 38.3 Å². The fraction of sp³-hybridized carbons (Fsp3) is 0.364. The van der Waals surface area contributed by atoms with Crippen LogP contribution in [0.2, 0.25) is 0 Å². The molecule has 1 aromatic carbocycles. The maximum atomic E-state index is 13.4. The van der Waals surface area contributed by atoms with Crippen LogP contribution in [0.3, 0.4) is 0 Å². The highest BCUT2D eigenvalue weighted by molar-refractivity contribution is 9.10. The fourth-order valence-electron chi connectivity index (χ4n) is 1.58. The minimum Gasteiger partial charge on any atom is -0.379 e. The van der Waals surface area contributed by atoms with Crippen LogP contribution >= 0.6 is 15.9 Å². The molecule has 1 aliphatic heterocycles. The van der Waals surface area contributed by atoms with Gasteiger partial charge in [-0.1, -0.05) is 15.9 Å². The molecule has 86 valence electrons. The first-order valence-corrected chi connectivity index (χ1v) is 5.80. The monoisotopic (exact) mass is 287 g/mol. The Labute approximate surface area is 101 Å². The summed E-state index contributed by atoms with van der Waals surface area (Å²) in [6.45, 7) is 1.15. The lowest BCUT2D eigenvalue weighted by molar-refractivity contribution is 0.0926. The van der Waals surface area contributed by atoms with Crippen molar-refractivity contribution >= 4 is 21.8 Å². The number of carbonyl (C=O) groups is 1. The van der Waals surface area contributed by atoms with Crippen molar-refractivity contribution in [3.05, 3.63) is 34.1 Å². The van der Waals surface area contributed by atoms with E-state index in [0.29, 0.717) is 17.7 Å². The van der Waals surface area contributed by atoms with Crippen molar-refractivity contribution < 1.29 is 13.9 Å². The van der Waals surface area contributed by atoms with E-state index in [9.17, 15) is 9.18 Å². The van der Waals surface area contributed by atoms with Crippen LogP contribution in [-0.4, -0.2) is 25.2 Å². The van der Waals surface area contributed by atoms with Crippen LogP contribution < -0.4 is 5.32 Å². The van der Waals surface area contributed by atoms with Crippen molar-refractivity contribution in [2.24, 2.45) is 0 Å². The van der Waals surface area contributed by atoms with Crippen molar-refractivity contribution in [1.82, 2.24) is 5.32 Å². The van der Waals surface area contributed by atoms with Crippen molar-refractivity contribution in [2.45, 2.75) is 12.5 Å². The zero-order valence-electron chi connectivity index (χ0n) is 8.50. The van der Waals surface area contributed by atoms with Gasteiger partial charge in [0.1, 0.15) is 5.82 Å². The molecule has 1 unspecified atom stereocenters. The standard InChI is InChI=1S/C11H11BrFNO2/c12-7-1-2-10(13)9(5-7)11(15)14-8-3-4-16-6-8/h1-2,5,8H,3-4,6H2,(H,14,15). The molecule has 1 atom stereocenters. The van der Waals surface area contributed by atoms with Gasteiger partial charge in [0.15, 0.2) is 0 Å². The smallest absolute Gasteiger partial charge is 0.254 e. The lowest BCUT2D eigenvalue weighted by Crippen LogP contribution is -2.35. The average molecular weight is 288 g/mol. The minimum absolute atomic E-state index is 0.00844. The molecule has 0 bridgehead atoms. The number of hydrogen-bond donors (Lipinski definition) is 1. The van der Waals surface area contributed by atoms with Gasteiger partial charge in [-0.25, -0.2) is 4.39 Å². The predicted molar refractivity (Wildman–Crippen MR) is 60.8 cm³/mol. The van der Waals surface area contributed by atoms with E-state index in [0.717, 1.165) is 6.42 Å². The van der Waals surface area contributed by atoms with Crippen LogP contribution in [0.1, 0.15) is 16.8 Å². The van der Waals surface area contributed by atoms with Crippen molar-refractivity contribution in [1.29, 1.82) is 0 Å². The summed E-state index contributed by atoms with van der Waals surface area (Å²) in [5.41, 5.74) is 0.0567. The number of hydrogen-bond acceptors (Lipinski definition) is 2. The number of ether oxygens (including phenoxy) is 1. The number of amides is 1. The highest BCUT2D eigenvalue weighted by Crippen LogP contribution is 2.16. The third kappa shape index (κ3) is 2.59. The highest BCUT2D eigenvalue weighted by Gasteiger charge is 2.20. The van der Waals surface area contributed by atoms with Gasteiger partial charge in [0.05, 0.1) is 18.2 Å². The predicted octanol–water partition coefficient (Wildman–Crippen LogP) is 2.11. The van der Waals surface area contributed by atoms with Crippen LogP contribution in [0.15, 0.2) is 22.7 Å². The molecule has 0 aliphatic carbocycles. The van der Waals surface area contributed by atoms with Gasteiger partial charge in [-0.05, 0) is 24.6 Å². The van der Waals surface area contributed by atoms with E-state index in [1.807, 2.05) is 0 Å². The molecule has 0 aromatic heterocycles. The molecule has 1 N–H and O–H groups in total. The number of carbonyl (C=O) groups excluding carboxylic acids is 1. The van der Waals surface area contributed by atoms with Gasteiger partial charge >= 0.3 is 0 Å². The second-order valence-corrected chi connectivity index (χ2v) is 4.57. The van der Waals surface area contributed by atoms with Crippen molar-refractivity contribution in [2.75, 3.05) is 13.2 Å². The van der Waals surface area contributed by atoms with Gasteiger partial charge in [-0.2, -0.15) is 0 Å². The van der Waals surface area contributed by atoms with E-state index in [4.69, 9.17) is 4.74 Å². The van der Waals surface area contributed by atoms with E-state index in [1.54, 1.807) is 6.07 Å². The van der Waals surface area contributed by atoms with Gasteiger partial charge < -0.3 is 10.1 Å². The average Bonchev–Trinajstić information content (AvgIpc) is 2.74. The zero-order chi connectivity index (χ0) is 11.5. The first kappa shape index (κ1) is 11.5. The van der Waals surface area contributed by atoms with E-state index >= 15 is 0 Å². The van der Waals surface area contributed by atoms with Crippen molar-refractivity contribution in [3.8, 4) is 0 Å². The maximum absolute atomic E-state index is 13.4. The summed E-state index contributed by atoms with van der Waals surface area (Å²) < 4.78 is 19.2. The van der Waals surface area contributed by atoms with Crippen LogP contribution in [0.4, 0.5) is 4.39 Å². The van der Waals surface area contributed by atoms with Gasteiger partial charge in [-0.3, -0.25) is 4.79 Å². The fourth-order valence-corrected chi connectivity index (χ4v) is 1.94. The van der Waals surface area contributed by atoms with Crippen LogP contribution in [0, 0.1) is 5.82 Å². The maximum Gasteiger partial charge on any atom is 0.254 e. The molecule has 0 spiro atoms. The summed E-state index contributed by atoms with van der Waals surface area (Å²) in [6.07, 6.45) is 0.779. The SMILES string of the molecule is O=C(NC1CCOC1)c1cc(Br)ccc1F. The largest absolute Gasteiger partial charge is 0.379 e. The first-order chi connectivity index (χ1) is 7.66. The summed E-state index contributed by atoms with van der Waals surface area (Å²) in [5.74, 6) is -0.908. The normalized spacial score (nSPS) is 19.8. The summed E-state index contributed by atoms with van der Waals surface area (Å²) >= 11 is 3.21. The second kappa shape index (κ2) is 4.93. The molecule has 1 heterocycles. The van der Waals surface area contributed by atoms with Gasteiger partial charge in [0.25, 0.3) is 5.91 Å². The lowest BCUT2D eigenvalue weighted by Gasteiger charge is -2.11. The highest BCUT2D eigenvalue weighted by atomic mass is 79.9. The third-order valence-corrected chi connectivity index (χ3v) is 2.93. The van der Waals surface area contributed by atoms with Gasteiger partial charge in [0.2, 0.25) is 0 Å². The van der Waals surface area contributed by atoms with Gasteiger partial charge in [-0.15, -0.1) is 0 Å². The van der Waals surface area contributed by atoms with E-state index in [-0.39, 0.29) is 11.6 Å². The van der Waals surface area contributed by atoms with E-state index in [2.05, 4.69) is 21.2 Å². The molecule has 5 heteroatoms. The molecule has 1 saturated heterocycles. The molecule has 16 heavy (non-hydrogen) atoms. The lowest BCUT2D eigenvalue weighted by atomic mass is 10.1. The second-order valence-electron chi connectivity index (χ2n) is 3.66. The molecule has 3 nitrogen and oxygen atoms in total. The van der Waals surface area contributed by atoms with Crippen molar-refractivity contribution in [3.63, 3.8) is 0 Å². The summed E-state index contributed by atoms with van der Waals surface area (Å²) in [5, 5.41) is 2.74. The number of rotatable bonds is 2. The van der Waals surface area contributed by atoms with E-state index < -0.39 is 11.7 Å². The summed E-state index contributed by atoms with van der Waals surface area (Å²) in [7, 11) is 0. The third-order valence-electron chi connectivity index (χ3n) is 2.44. The summed E-state index contributed by atoms with van der Waals surface area (Å²) in [6, 6.07) is 4.29. The van der Waals surface area contributed by atoms with E-state index in [1.165, 1.54) is 12.1 Å². The van der Waals surface area contributed by atoms with Crippen LogP contribution in [0.5, 0.6) is 0 Å². The quantitative estimate of drug-likeness (QED) is 0.905. The Morgan fingerprint density at radius 3 is 3.06 bits per heavy atom.